The van der Waals surface area contributed by atoms with E-state index in [1.165, 1.54) is 11.0 Å². The van der Waals surface area contributed by atoms with E-state index in [0.29, 0.717) is 35.6 Å². The summed E-state index contributed by atoms with van der Waals surface area (Å²) in [7, 11) is -4.22. The monoisotopic (exact) mass is 875 g/mol. The van der Waals surface area contributed by atoms with Crippen LogP contribution in [-0.4, -0.2) is 98.6 Å². The van der Waals surface area contributed by atoms with Gasteiger partial charge in [0.15, 0.2) is 0 Å². The molecule has 6 amide bonds. The molecule has 5 atom stereocenters. The molecule has 62 heavy (non-hydrogen) atoms. The molecular formula is C44H57N7O10S. The summed E-state index contributed by atoms with van der Waals surface area (Å²) in [5.41, 5.74) is 5.90. The number of carbonyl (C=O) groups is 7. The Morgan fingerprint density at radius 1 is 0.855 bits per heavy atom. The molecule has 1 aliphatic heterocycles. The van der Waals surface area contributed by atoms with Crippen LogP contribution in [0.3, 0.4) is 0 Å². The number of ketones is 1. The molecule has 1 heterocycles. The molecule has 3 aromatic carbocycles. The maximum Gasteiger partial charge on any atom is 0.407 e. The minimum Gasteiger partial charge on any atom is -0.449 e. The molecule has 334 valence electrons. The first-order valence-electron chi connectivity index (χ1n) is 21.1. The van der Waals surface area contributed by atoms with E-state index in [1.54, 1.807) is 73.7 Å². The van der Waals surface area contributed by atoms with Gasteiger partial charge < -0.3 is 36.6 Å². The van der Waals surface area contributed by atoms with Gasteiger partial charge in [0.25, 0.3) is 5.91 Å². The minimum absolute atomic E-state index is 0.00764. The number of ether oxygens (including phenoxy) is 1. The molecule has 0 bridgehead atoms. The predicted octanol–water partition coefficient (Wildman–Crippen LogP) is 2.73. The first-order valence-corrected chi connectivity index (χ1v) is 22.6. The van der Waals surface area contributed by atoms with E-state index in [0.717, 1.165) is 19.3 Å². The number of alkyl carbamates (subject to hydrolysis) is 1. The first-order chi connectivity index (χ1) is 29.6. The number of primary amides is 1. The van der Waals surface area contributed by atoms with Crippen molar-refractivity contribution in [2.24, 2.45) is 17.6 Å². The quantitative estimate of drug-likeness (QED) is 0.0961. The maximum absolute atomic E-state index is 14.7. The number of rotatable bonds is 19. The van der Waals surface area contributed by atoms with Gasteiger partial charge in [-0.3, -0.25) is 28.8 Å². The second kappa shape index (κ2) is 21.8. The van der Waals surface area contributed by atoms with Gasteiger partial charge in [0.05, 0.1) is 24.1 Å². The molecule has 2 fully saturated rings. The van der Waals surface area contributed by atoms with Crippen LogP contribution < -0.4 is 31.7 Å². The van der Waals surface area contributed by atoms with Gasteiger partial charge >= 0.3 is 6.09 Å². The Kier molecular flexibility index (Phi) is 16.6. The number of carbonyl (C=O) groups excluding carboxylic acids is 7. The average Bonchev–Trinajstić information content (AvgIpc) is 3.68. The molecule has 0 spiro atoms. The summed E-state index contributed by atoms with van der Waals surface area (Å²) in [4.78, 5) is 94.9. The fourth-order valence-electron chi connectivity index (χ4n) is 7.97. The van der Waals surface area contributed by atoms with Crippen LogP contribution in [-0.2, 0) is 43.5 Å². The molecule has 7 N–H and O–H groups in total. The molecule has 3 aromatic rings. The topological polar surface area (TPSA) is 252 Å². The van der Waals surface area contributed by atoms with Crippen molar-refractivity contribution >= 4 is 62.2 Å². The first kappa shape index (κ1) is 47.2. The summed E-state index contributed by atoms with van der Waals surface area (Å²) in [6.07, 6.45) is 3.19. The van der Waals surface area contributed by atoms with E-state index in [2.05, 4.69) is 26.0 Å². The zero-order valence-corrected chi connectivity index (χ0v) is 36.1. The molecule has 1 aliphatic carbocycles. The number of Topliss-reactive ketones (excluding diaryl/α,β-unsaturated/α-hetero) is 1. The Morgan fingerprint density at radius 3 is 2.21 bits per heavy atom. The van der Waals surface area contributed by atoms with Gasteiger partial charge in [-0.1, -0.05) is 113 Å². The lowest BCUT2D eigenvalue weighted by Crippen LogP contribution is -2.58. The lowest BCUT2D eigenvalue weighted by molar-refractivity contribution is -0.143. The maximum atomic E-state index is 14.7. The number of benzene rings is 3. The number of amides is 6. The Labute approximate surface area is 361 Å². The summed E-state index contributed by atoms with van der Waals surface area (Å²) < 4.78 is 36.0. The van der Waals surface area contributed by atoms with Crippen molar-refractivity contribution in [2.45, 2.75) is 107 Å². The van der Waals surface area contributed by atoms with E-state index in [-0.39, 0.29) is 42.7 Å². The Bertz CT molecular complexity index is 2210. The molecule has 1 saturated heterocycles. The highest BCUT2D eigenvalue weighted by Gasteiger charge is 2.46. The third-order valence-electron chi connectivity index (χ3n) is 11.0. The summed E-state index contributed by atoms with van der Waals surface area (Å²) in [5.74, 6) is -5.60. The van der Waals surface area contributed by atoms with Crippen molar-refractivity contribution in [3.63, 3.8) is 0 Å². The van der Waals surface area contributed by atoms with Crippen molar-refractivity contribution in [2.75, 3.05) is 19.7 Å². The molecular weight excluding hydrogens is 819 g/mol. The lowest BCUT2D eigenvalue weighted by atomic mass is 9.83. The Hall–Kier alpha value is -5.88. The van der Waals surface area contributed by atoms with Crippen molar-refractivity contribution < 1.29 is 46.7 Å². The fraction of sp³-hybridized carbons (Fsp3) is 0.477. The van der Waals surface area contributed by atoms with E-state index in [4.69, 9.17) is 10.5 Å². The van der Waals surface area contributed by atoms with Crippen LogP contribution in [0.25, 0.3) is 10.8 Å². The van der Waals surface area contributed by atoms with E-state index < -0.39 is 88.2 Å². The third kappa shape index (κ3) is 12.4. The van der Waals surface area contributed by atoms with Gasteiger partial charge in [-0.2, -0.15) is 0 Å². The van der Waals surface area contributed by atoms with Crippen LogP contribution in [0.4, 0.5) is 4.79 Å². The Morgan fingerprint density at radius 2 is 1.53 bits per heavy atom. The largest absolute Gasteiger partial charge is 0.449 e. The molecule has 0 radical (unpaired) electrons. The van der Waals surface area contributed by atoms with Gasteiger partial charge in [-0.25, -0.2) is 17.9 Å². The average molecular weight is 876 g/mol. The van der Waals surface area contributed by atoms with Crippen molar-refractivity contribution in [1.82, 2.24) is 30.9 Å². The van der Waals surface area contributed by atoms with Crippen LogP contribution in [0.1, 0.15) is 83.7 Å². The molecule has 1 saturated carbocycles. The third-order valence-corrected chi connectivity index (χ3v) is 12.6. The number of nitrogens with one attached hydrogen (secondary N) is 5. The molecule has 5 rings (SSSR count). The van der Waals surface area contributed by atoms with Crippen LogP contribution in [0.15, 0.2) is 77.7 Å². The van der Waals surface area contributed by atoms with Crippen molar-refractivity contribution in [3.05, 3.63) is 78.4 Å². The smallest absolute Gasteiger partial charge is 0.407 e. The number of fused-ring (bicyclic) bond motifs is 1. The van der Waals surface area contributed by atoms with Crippen LogP contribution in [0.5, 0.6) is 0 Å². The van der Waals surface area contributed by atoms with E-state index in [1.807, 2.05) is 13.8 Å². The van der Waals surface area contributed by atoms with Gasteiger partial charge in [0.2, 0.25) is 39.4 Å². The highest BCUT2D eigenvalue weighted by atomic mass is 32.2. The van der Waals surface area contributed by atoms with Crippen LogP contribution >= 0.6 is 0 Å². The number of nitrogens with two attached hydrogens (primary N) is 1. The second-order valence-corrected chi connectivity index (χ2v) is 17.9. The van der Waals surface area contributed by atoms with E-state index in [9.17, 15) is 42.0 Å². The SMILES string of the molecule is CCCC(NC(=O)C1CC(NS(=O)(=O)c2cccc3ccccc23)CN1C(=O)C(NC(=O)OCC(C)C)C1CCCCC1)C(=O)C(=O)NCC(=O)NC(C(N)=O)c1ccccc1. The molecule has 18 heteroatoms. The zero-order chi connectivity index (χ0) is 45.0. The number of likely N-dealkylation sites (tertiary alicyclic amines) is 1. The highest BCUT2D eigenvalue weighted by Crippen LogP contribution is 2.31. The van der Waals surface area contributed by atoms with Crippen LogP contribution in [0.2, 0.25) is 0 Å². The van der Waals surface area contributed by atoms with Crippen molar-refractivity contribution in [1.29, 1.82) is 0 Å². The number of hydrogen-bond donors (Lipinski definition) is 6. The van der Waals surface area contributed by atoms with Gasteiger partial charge in [0, 0.05) is 18.0 Å². The summed E-state index contributed by atoms with van der Waals surface area (Å²) in [5, 5.41) is 11.2. The standard InChI is InChI=1S/C44H57N7O10S/c1-4-14-33(39(53)42(56)46-24-36(52)48-37(40(45)54)29-16-7-5-8-17-29)47-41(55)34-23-31(50-62(59,60)35-22-13-20-28-15-11-12-21-32(28)35)25-51(34)43(57)38(30-18-9-6-10-19-30)49-44(58)61-26-27(2)3/h5,7-8,11-13,15-17,20-22,27,30-31,33-34,37-38,50H,4,6,9-10,14,18-19,23-26H2,1-3H3,(H2,45,54)(H,46,56)(H,47,55)(H,48,52)(H,49,58). The highest BCUT2D eigenvalue weighted by molar-refractivity contribution is 7.89. The number of nitrogens with zero attached hydrogens (tertiary/aromatic N) is 1. The summed E-state index contributed by atoms with van der Waals surface area (Å²) in [6, 6.07) is 14.1. The van der Waals surface area contributed by atoms with Gasteiger partial charge in [-0.15, -0.1) is 0 Å². The normalized spacial score (nSPS) is 18.3. The number of sulfonamides is 1. The summed E-state index contributed by atoms with van der Waals surface area (Å²) >= 11 is 0. The molecule has 17 nitrogen and oxygen atoms in total. The van der Waals surface area contributed by atoms with Gasteiger partial charge in [0.1, 0.15) is 18.1 Å². The fourth-order valence-corrected chi connectivity index (χ4v) is 9.44. The summed E-state index contributed by atoms with van der Waals surface area (Å²) in [6.45, 7) is 4.64. The second-order valence-electron chi connectivity index (χ2n) is 16.3. The molecule has 2 aliphatic rings. The molecule has 0 aromatic heterocycles. The predicted molar refractivity (Wildman–Crippen MR) is 229 cm³/mol. The van der Waals surface area contributed by atoms with Gasteiger partial charge in [-0.05, 0) is 54.5 Å². The minimum atomic E-state index is -4.22. The molecule has 5 unspecified atom stereocenters. The van der Waals surface area contributed by atoms with Crippen LogP contribution in [0, 0.1) is 11.8 Å². The van der Waals surface area contributed by atoms with Crippen molar-refractivity contribution in [3.8, 4) is 0 Å². The Balaban J connectivity index is 1.36. The zero-order valence-electron chi connectivity index (χ0n) is 35.3. The van der Waals surface area contributed by atoms with E-state index >= 15 is 0 Å². The lowest BCUT2D eigenvalue weighted by Gasteiger charge is -2.34. The number of hydrogen-bond acceptors (Lipinski definition) is 10.